The van der Waals surface area contributed by atoms with Crippen molar-refractivity contribution in [2.75, 3.05) is 18.5 Å². The first kappa shape index (κ1) is 14.4. The first-order valence-electron chi connectivity index (χ1n) is 4.84. The fourth-order valence-electron chi connectivity index (χ4n) is 1.01. The maximum atomic E-state index is 13.1. The summed E-state index contributed by atoms with van der Waals surface area (Å²) in [7, 11) is 0. The lowest BCUT2D eigenvalue weighted by Crippen LogP contribution is -2.31. The first-order valence-corrected chi connectivity index (χ1v) is 4.84. The van der Waals surface area contributed by atoms with Gasteiger partial charge in [0, 0.05) is 0 Å². The van der Waals surface area contributed by atoms with Gasteiger partial charge in [0.1, 0.15) is 12.4 Å². The third-order valence-electron chi connectivity index (χ3n) is 1.72. The van der Waals surface area contributed by atoms with Gasteiger partial charge in [0.05, 0.1) is 5.69 Å². The summed E-state index contributed by atoms with van der Waals surface area (Å²) in [6.45, 7) is -2.04. The largest absolute Gasteiger partial charge is 0.413 e. The summed E-state index contributed by atoms with van der Waals surface area (Å²) in [5.74, 6) is -1.36. The fourth-order valence-corrected chi connectivity index (χ4v) is 1.01. The first-order chi connectivity index (χ1) is 8.38. The lowest BCUT2D eigenvalue weighted by molar-refractivity contribution is -0.189. The minimum absolute atomic E-state index is 0.0554. The standard InChI is InChI=1S/C10H10F4N2O2/c11-7-3-1-2-4-8(7)16-9(17)5-15-18-6-10(12,13)14/h1-4,15H,5-6H2,(H,16,17). The smallest absolute Gasteiger partial charge is 0.322 e. The number of carbonyl (C=O) groups is 1. The van der Waals surface area contributed by atoms with E-state index in [4.69, 9.17) is 0 Å². The summed E-state index contributed by atoms with van der Waals surface area (Å²) in [5.41, 5.74) is 1.77. The molecule has 1 aromatic rings. The molecule has 100 valence electrons. The molecule has 4 nitrogen and oxygen atoms in total. The number of hydrogen-bond donors (Lipinski definition) is 2. The Bertz CT molecular complexity index is 409. The van der Waals surface area contributed by atoms with Gasteiger partial charge >= 0.3 is 6.18 Å². The highest BCUT2D eigenvalue weighted by Crippen LogP contribution is 2.13. The van der Waals surface area contributed by atoms with Gasteiger partial charge in [0.15, 0.2) is 6.61 Å². The minimum Gasteiger partial charge on any atom is -0.322 e. The van der Waals surface area contributed by atoms with Crippen LogP contribution in [0.25, 0.3) is 0 Å². The van der Waals surface area contributed by atoms with Crippen LogP contribution in [-0.2, 0) is 9.63 Å². The molecule has 18 heavy (non-hydrogen) atoms. The molecule has 1 amide bonds. The summed E-state index contributed by atoms with van der Waals surface area (Å²) in [6.07, 6.45) is -4.48. The van der Waals surface area contributed by atoms with Crippen molar-refractivity contribution >= 4 is 11.6 Å². The Labute approximate surface area is 99.9 Å². The summed E-state index contributed by atoms with van der Waals surface area (Å²) in [6, 6.07) is 5.41. The molecule has 2 N–H and O–H groups in total. The van der Waals surface area contributed by atoms with E-state index in [1.165, 1.54) is 18.2 Å². The van der Waals surface area contributed by atoms with Crippen LogP contribution in [0.5, 0.6) is 0 Å². The van der Waals surface area contributed by atoms with Crippen LogP contribution in [0.3, 0.4) is 0 Å². The maximum Gasteiger partial charge on any atom is 0.413 e. The number of hydrogen-bond acceptors (Lipinski definition) is 3. The molecule has 0 aliphatic heterocycles. The number of carbonyl (C=O) groups excluding carboxylic acids is 1. The van der Waals surface area contributed by atoms with Gasteiger partial charge in [0.2, 0.25) is 5.91 Å². The molecule has 8 heteroatoms. The number of para-hydroxylation sites is 1. The van der Waals surface area contributed by atoms with E-state index in [2.05, 4.69) is 10.2 Å². The van der Waals surface area contributed by atoms with Gasteiger partial charge in [-0.3, -0.25) is 9.63 Å². The highest BCUT2D eigenvalue weighted by Gasteiger charge is 2.27. The topological polar surface area (TPSA) is 50.4 Å². The molecule has 0 saturated carbocycles. The summed E-state index contributed by atoms with van der Waals surface area (Å²) in [4.78, 5) is 15.2. The maximum absolute atomic E-state index is 13.1. The molecule has 1 aromatic carbocycles. The van der Waals surface area contributed by atoms with Gasteiger partial charge in [-0.2, -0.15) is 18.7 Å². The second-order valence-electron chi connectivity index (χ2n) is 3.25. The van der Waals surface area contributed by atoms with E-state index < -0.39 is 31.1 Å². The Morgan fingerprint density at radius 2 is 1.94 bits per heavy atom. The van der Waals surface area contributed by atoms with Crippen LogP contribution in [0.1, 0.15) is 0 Å². The normalized spacial score (nSPS) is 11.3. The van der Waals surface area contributed by atoms with Crippen molar-refractivity contribution in [3.63, 3.8) is 0 Å². The molecule has 0 aliphatic rings. The third kappa shape index (κ3) is 5.60. The zero-order chi connectivity index (χ0) is 13.6. The van der Waals surface area contributed by atoms with Crippen LogP contribution in [0.2, 0.25) is 0 Å². The molecular weight excluding hydrogens is 256 g/mol. The number of halogens is 4. The molecule has 0 heterocycles. The predicted octanol–water partition coefficient (Wildman–Crippen LogP) is 1.85. The number of nitrogens with one attached hydrogen (secondary N) is 2. The predicted molar refractivity (Wildman–Crippen MR) is 55.0 cm³/mol. The molecule has 0 fully saturated rings. The van der Waals surface area contributed by atoms with Gasteiger partial charge in [-0.1, -0.05) is 12.1 Å². The van der Waals surface area contributed by atoms with Crippen LogP contribution >= 0.6 is 0 Å². The average Bonchev–Trinajstić information content (AvgIpc) is 2.26. The summed E-state index contributed by atoms with van der Waals surface area (Å²) in [5, 5.41) is 2.17. The second kappa shape index (κ2) is 6.31. The Morgan fingerprint density at radius 1 is 1.28 bits per heavy atom. The van der Waals surface area contributed by atoms with Crippen LogP contribution in [0.4, 0.5) is 23.2 Å². The van der Waals surface area contributed by atoms with Crippen molar-refractivity contribution in [2.24, 2.45) is 0 Å². The Kier molecular flexibility index (Phi) is 5.05. The van der Waals surface area contributed by atoms with Gasteiger partial charge < -0.3 is 5.32 Å². The van der Waals surface area contributed by atoms with Crippen molar-refractivity contribution in [1.82, 2.24) is 5.48 Å². The molecule has 0 aliphatic carbocycles. The highest BCUT2D eigenvalue weighted by molar-refractivity contribution is 5.92. The molecule has 0 spiro atoms. The Morgan fingerprint density at radius 3 is 2.56 bits per heavy atom. The minimum atomic E-state index is -4.48. The van der Waals surface area contributed by atoms with Crippen LogP contribution in [0.15, 0.2) is 24.3 Å². The van der Waals surface area contributed by atoms with Crippen molar-refractivity contribution in [3.05, 3.63) is 30.1 Å². The number of amides is 1. The van der Waals surface area contributed by atoms with Gasteiger partial charge in [-0.15, -0.1) is 0 Å². The third-order valence-corrected chi connectivity index (χ3v) is 1.72. The van der Waals surface area contributed by atoms with E-state index in [1.54, 1.807) is 0 Å². The van der Waals surface area contributed by atoms with Gasteiger partial charge in [-0.25, -0.2) is 4.39 Å². The number of hydroxylamine groups is 1. The van der Waals surface area contributed by atoms with E-state index in [9.17, 15) is 22.4 Å². The molecule has 1 rings (SSSR count). The van der Waals surface area contributed by atoms with Crippen LogP contribution in [0, 0.1) is 5.82 Å². The van der Waals surface area contributed by atoms with Gasteiger partial charge in [0.25, 0.3) is 0 Å². The summed E-state index contributed by atoms with van der Waals surface area (Å²) < 4.78 is 48.1. The molecule has 0 radical (unpaired) electrons. The molecule has 0 saturated heterocycles. The zero-order valence-corrected chi connectivity index (χ0v) is 9.05. The zero-order valence-electron chi connectivity index (χ0n) is 9.05. The number of rotatable bonds is 5. The van der Waals surface area contributed by atoms with Crippen LogP contribution in [-0.4, -0.2) is 25.2 Å². The fraction of sp³-hybridized carbons (Fsp3) is 0.300. The average molecular weight is 266 g/mol. The van der Waals surface area contributed by atoms with Crippen LogP contribution < -0.4 is 10.8 Å². The second-order valence-corrected chi connectivity index (χ2v) is 3.25. The van der Waals surface area contributed by atoms with E-state index in [1.807, 2.05) is 5.48 Å². The number of anilines is 1. The molecule has 0 aromatic heterocycles. The number of alkyl halides is 3. The van der Waals surface area contributed by atoms with Crippen molar-refractivity contribution < 1.29 is 27.2 Å². The van der Waals surface area contributed by atoms with Crippen molar-refractivity contribution in [3.8, 4) is 0 Å². The molecular formula is C10H10F4N2O2. The number of benzene rings is 1. The lowest BCUT2D eigenvalue weighted by Gasteiger charge is -2.09. The molecule has 0 bridgehead atoms. The van der Waals surface area contributed by atoms with E-state index in [0.29, 0.717) is 0 Å². The quantitative estimate of drug-likeness (QED) is 0.486. The lowest BCUT2D eigenvalue weighted by atomic mass is 10.3. The van der Waals surface area contributed by atoms with E-state index in [-0.39, 0.29) is 5.69 Å². The Hall–Kier alpha value is -1.67. The van der Waals surface area contributed by atoms with E-state index >= 15 is 0 Å². The van der Waals surface area contributed by atoms with Gasteiger partial charge in [-0.05, 0) is 12.1 Å². The summed E-state index contributed by atoms with van der Waals surface area (Å²) >= 11 is 0. The monoisotopic (exact) mass is 266 g/mol. The highest BCUT2D eigenvalue weighted by atomic mass is 19.4. The van der Waals surface area contributed by atoms with Crippen molar-refractivity contribution in [1.29, 1.82) is 0 Å². The van der Waals surface area contributed by atoms with Crippen molar-refractivity contribution in [2.45, 2.75) is 6.18 Å². The SMILES string of the molecule is O=C(CNOCC(F)(F)F)Nc1ccccc1F. The Balaban J connectivity index is 2.29. The molecule has 0 atom stereocenters. The molecule has 0 unspecified atom stereocenters. The van der Waals surface area contributed by atoms with E-state index in [0.717, 1.165) is 6.07 Å².